The molecular formula is C23H29ClN4. The maximum atomic E-state index is 5.98. The summed E-state index contributed by atoms with van der Waals surface area (Å²) in [5.74, 6) is 1.01. The third-order valence-electron chi connectivity index (χ3n) is 7.39. The molecule has 0 N–H and O–H groups in total. The predicted octanol–water partition coefficient (Wildman–Crippen LogP) is 5.03. The normalized spacial score (nSPS) is 23.0. The van der Waals surface area contributed by atoms with Crippen LogP contribution in [0.3, 0.4) is 0 Å². The van der Waals surface area contributed by atoms with Gasteiger partial charge in [-0.3, -0.25) is 0 Å². The van der Waals surface area contributed by atoms with E-state index in [9.17, 15) is 0 Å². The predicted molar refractivity (Wildman–Crippen MR) is 115 cm³/mol. The molecule has 1 aromatic heterocycles. The zero-order valence-electron chi connectivity index (χ0n) is 16.5. The monoisotopic (exact) mass is 396 g/mol. The number of anilines is 1. The summed E-state index contributed by atoms with van der Waals surface area (Å²) in [6, 6.07) is 12.9. The van der Waals surface area contributed by atoms with Crippen molar-refractivity contribution in [2.24, 2.45) is 5.41 Å². The number of hydrogen-bond donors (Lipinski definition) is 0. The fourth-order valence-corrected chi connectivity index (χ4v) is 5.22. The minimum atomic E-state index is 0.577. The second kappa shape index (κ2) is 7.64. The van der Waals surface area contributed by atoms with Crippen molar-refractivity contribution in [3.05, 3.63) is 41.4 Å². The van der Waals surface area contributed by atoms with E-state index in [0.717, 1.165) is 41.2 Å². The SMILES string of the molecule is Clc1ccc(-c2ccc(N3CCC4(CC3)CCN(C3CCC3)CC4)nn2)cc1. The number of benzene rings is 1. The molecule has 5 rings (SSSR count). The van der Waals surface area contributed by atoms with Gasteiger partial charge in [-0.05, 0) is 81.3 Å². The van der Waals surface area contributed by atoms with Crippen LogP contribution in [-0.2, 0) is 0 Å². The lowest BCUT2D eigenvalue weighted by molar-refractivity contribution is 0.0305. The highest BCUT2D eigenvalue weighted by Gasteiger charge is 2.39. The van der Waals surface area contributed by atoms with E-state index in [2.05, 4.69) is 32.1 Å². The van der Waals surface area contributed by atoms with Gasteiger partial charge in [0.25, 0.3) is 0 Å². The van der Waals surface area contributed by atoms with E-state index in [1.165, 1.54) is 58.0 Å². The Morgan fingerprint density at radius 3 is 2.07 bits per heavy atom. The van der Waals surface area contributed by atoms with E-state index in [1.807, 2.05) is 24.3 Å². The summed E-state index contributed by atoms with van der Waals surface area (Å²) in [7, 11) is 0. The molecule has 0 radical (unpaired) electrons. The van der Waals surface area contributed by atoms with Crippen LogP contribution in [0.15, 0.2) is 36.4 Å². The topological polar surface area (TPSA) is 32.3 Å². The molecule has 148 valence electrons. The Morgan fingerprint density at radius 2 is 1.50 bits per heavy atom. The molecule has 4 nitrogen and oxygen atoms in total. The third kappa shape index (κ3) is 3.65. The Balaban J connectivity index is 1.18. The van der Waals surface area contributed by atoms with E-state index in [0.29, 0.717) is 5.41 Å². The Hall–Kier alpha value is -1.65. The first-order chi connectivity index (χ1) is 13.7. The fourth-order valence-electron chi connectivity index (χ4n) is 5.09. The number of rotatable bonds is 3. The number of nitrogens with zero attached hydrogens (tertiary/aromatic N) is 4. The van der Waals surface area contributed by atoms with Gasteiger partial charge in [0.05, 0.1) is 5.69 Å². The van der Waals surface area contributed by atoms with Crippen LogP contribution >= 0.6 is 11.6 Å². The first kappa shape index (κ1) is 18.4. The maximum Gasteiger partial charge on any atom is 0.151 e. The molecule has 28 heavy (non-hydrogen) atoms. The molecule has 3 aliphatic rings. The van der Waals surface area contributed by atoms with Crippen molar-refractivity contribution in [1.29, 1.82) is 0 Å². The standard InChI is InChI=1S/C23H29ClN4/c24-19-6-4-18(5-7-19)21-8-9-22(26-25-21)28-16-12-23(13-17-28)10-14-27(15-11-23)20-2-1-3-20/h4-9,20H,1-3,10-17H2. The van der Waals surface area contributed by atoms with Gasteiger partial charge >= 0.3 is 0 Å². The summed E-state index contributed by atoms with van der Waals surface area (Å²) < 4.78 is 0. The van der Waals surface area contributed by atoms with Crippen LogP contribution in [0, 0.1) is 5.41 Å². The number of likely N-dealkylation sites (tertiary alicyclic amines) is 1. The summed E-state index contributed by atoms with van der Waals surface area (Å²) in [5, 5.41) is 9.73. The van der Waals surface area contributed by atoms with Gasteiger partial charge in [0, 0.05) is 29.7 Å². The molecular weight excluding hydrogens is 368 g/mol. The van der Waals surface area contributed by atoms with Gasteiger partial charge in [-0.1, -0.05) is 30.2 Å². The Morgan fingerprint density at radius 1 is 0.821 bits per heavy atom. The molecule has 1 spiro atoms. The molecule has 1 saturated carbocycles. The molecule has 0 bridgehead atoms. The van der Waals surface area contributed by atoms with E-state index in [4.69, 9.17) is 11.6 Å². The van der Waals surface area contributed by atoms with Crippen molar-refractivity contribution in [3.8, 4) is 11.3 Å². The number of halogens is 1. The van der Waals surface area contributed by atoms with Gasteiger partial charge in [-0.2, -0.15) is 0 Å². The zero-order chi connectivity index (χ0) is 19.0. The van der Waals surface area contributed by atoms with Crippen molar-refractivity contribution in [2.45, 2.75) is 51.0 Å². The maximum absolute atomic E-state index is 5.98. The Labute approximate surface area is 172 Å². The second-order valence-corrected chi connectivity index (χ2v) is 9.33. The van der Waals surface area contributed by atoms with Crippen LogP contribution in [0.2, 0.25) is 5.02 Å². The molecule has 2 aromatic rings. The first-order valence-corrected chi connectivity index (χ1v) is 11.2. The molecule has 2 saturated heterocycles. The minimum absolute atomic E-state index is 0.577. The first-order valence-electron chi connectivity index (χ1n) is 10.8. The van der Waals surface area contributed by atoms with Crippen LogP contribution in [-0.4, -0.2) is 47.3 Å². The van der Waals surface area contributed by atoms with Gasteiger partial charge in [0.2, 0.25) is 0 Å². The fraction of sp³-hybridized carbons (Fsp3) is 0.565. The van der Waals surface area contributed by atoms with Crippen molar-refractivity contribution < 1.29 is 0 Å². The molecule has 0 amide bonds. The highest BCUT2D eigenvalue weighted by atomic mass is 35.5. The van der Waals surface area contributed by atoms with Crippen LogP contribution < -0.4 is 4.90 Å². The lowest BCUT2D eigenvalue weighted by Gasteiger charge is -2.50. The number of aromatic nitrogens is 2. The van der Waals surface area contributed by atoms with Crippen molar-refractivity contribution >= 4 is 17.4 Å². The summed E-state index contributed by atoms with van der Waals surface area (Å²) in [4.78, 5) is 5.18. The largest absolute Gasteiger partial charge is 0.355 e. The van der Waals surface area contributed by atoms with Gasteiger partial charge in [0.1, 0.15) is 0 Å². The lowest BCUT2D eigenvalue weighted by Crippen LogP contribution is -2.51. The van der Waals surface area contributed by atoms with Crippen LogP contribution in [0.4, 0.5) is 5.82 Å². The van der Waals surface area contributed by atoms with Crippen molar-refractivity contribution in [1.82, 2.24) is 15.1 Å². The molecule has 0 unspecified atom stereocenters. The average Bonchev–Trinajstić information content (AvgIpc) is 2.70. The smallest absolute Gasteiger partial charge is 0.151 e. The molecule has 1 aliphatic carbocycles. The quantitative estimate of drug-likeness (QED) is 0.728. The molecule has 0 atom stereocenters. The summed E-state index contributed by atoms with van der Waals surface area (Å²) in [5.41, 5.74) is 2.53. The Kier molecular flexibility index (Phi) is 5.02. The van der Waals surface area contributed by atoms with E-state index in [-0.39, 0.29) is 0 Å². The highest BCUT2D eigenvalue weighted by Crippen LogP contribution is 2.43. The zero-order valence-corrected chi connectivity index (χ0v) is 17.2. The van der Waals surface area contributed by atoms with Gasteiger partial charge in [-0.25, -0.2) is 0 Å². The molecule has 3 fully saturated rings. The van der Waals surface area contributed by atoms with E-state index >= 15 is 0 Å². The van der Waals surface area contributed by atoms with E-state index < -0.39 is 0 Å². The summed E-state index contributed by atoms with van der Waals surface area (Å²) >= 11 is 5.98. The minimum Gasteiger partial charge on any atom is -0.355 e. The summed E-state index contributed by atoms with van der Waals surface area (Å²) in [6.45, 7) is 4.86. The summed E-state index contributed by atoms with van der Waals surface area (Å²) in [6.07, 6.45) is 9.69. The van der Waals surface area contributed by atoms with Gasteiger partial charge in [-0.15, -0.1) is 10.2 Å². The Bertz CT molecular complexity index is 782. The van der Waals surface area contributed by atoms with Crippen molar-refractivity contribution in [3.63, 3.8) is 0 Å². The molecule has 1 aromatic carbocycles. The average molecular weight is 397 g/mol. The van der Waals surface area contributed by atoms with E-state index in [1.54, 1.807) is 0 Å². The second-order valence-electron chi connectivity index (χ2n) is 8.89. The third-order valence-corrected chi connectivity index (χ3v) is 7.64. The van der Waals surface area contributed by atoms with Crippen LogP contribution in [0.25, 0.3) is 11.3 Å². The van der Waals surface area contributed by atoms with Crippen LogP contribution in [0.1, 0.15) is 44.9 Å². The number of piperidine rings is 2. The lowest BCUT2D eigenvalue weighted by atomic mass is 9.70. The molecule has 3 heterocycles. The number of hydrogen-bond acceptors (Lipinski definition) is 4. The molecule has 2 aliphatic heterocycles. The van der Waals surface area contributed by atoms with Gasteiger partial charge < -0.3 is 9.80 Å². The molecule has 5 heteroatoms. The highest BCUT2D eigenvalue weighted by molar-refractivity contribution is 6.30. The van der Waals surface area contributed by atoms with Crippen LogP contribution in [0.5, 0.6) is 0 Å². The van der Waals surface area contributed by atoms with Crippen molar-refractivity contribution in [2.75, 3.05) is 31.1 Å². The van der Waals surface area contributed by atoms with Gasteiger partial charge in [0.15, 0.2) is 5.82 Å².